The summed E-state index contributed by atoms with van der Waals surface area (Å²) >= 11 is 0. The maximum atomic E-state index is 14.0. The summed E-state index contributed by atoms with van der Waals surface area (Å²) in [5.41, 5.74) is 3.05. The van der Waals surface area contributed by atoms with E-state index in [1.54, 1.807) is 6.07 Å². The van der Waals surface area contributed by atoms with Crippen molar-refractivity contribution in [2.24, 2.45) is 12.0 Å². The minimum atomic E-state index is -0.157. The molecule has 1 aliphatic heterocycles. The van der Waals surface area contributed by atoms with Crippen LogP contribution in [0.2, 0.25) is 0 Å². The number of halogens is 1. The van der Waals surface area contributed by atoms with Crippen molar-refractivity contribution in [1.29, 1.82) is 0 Å². The predicted octanol–water partition coefficient (Wildman–Crippen LogP) is 2.19. The van der Waals surface area contributed by atoms with Crippen molar-refractivity contribution in [3.05, 3.63) is 53.1 Å². The van der Waals surface area contributed by atoms with E-state index in [1.807, 2.05) is 56.1 Å². The fourth-order valence-corrected chi connectivity index (χ4v) is 3.59. The second kappa shape index (κ2) is 8.52. The SMILES string of the molecule is CN=C(NCc1ccc(F)c(CN(C)C)c1)N1CCC(c2cnn(C)c2)C1. The van der Waals surface area contributed by atoms with Gasteiger partial charge >= 0.3 is 0 Å². The third-order valence-electron chi connectivity index (χ3n) is 4.94. The number of hydrogen-bond acceptors (Lipinski definition) is 3. The Morgan fingerprint density at radius 2 is 2.22 bits per heavy atom. The summed E-state index contributed by atoms with van der Waals surface area (Å²) in [6.07, 6.45) is 5.14. The van der Waals surface area contributed by atoms with Crippen molar-refractivity contribution in [1.82, 2.24) is 24.9 Å². The van der Waals surface area contributed by atoms with Gasteiger partial charge in [-0.25, -0.2) is 4.39 Å². The van der Waals surface area contributed by atoms with Gasteiger partial charge in [0.25, 0.3) is 0 Å². The summed E-state index contributed by atoms with van der Waals surface area (Å²) in [7, 11) is 7.64. The molecule has 27 heavy (non-hydrogen) atoms. The van der Waals surface area contributed by atoms with Crippen LogP contribution in [0.3, 0.4) is 0 Å². The summed E-state index contributed by atoms with van der Waals surface area (Å²) < 4.78 is 15.8. The number of rotatable bonds is 5. The Bertz CT molecular complexity index is 798. The zero-order valence-corrected chi connectivity index (χ0v) is 16.6. The Kier molecular flexibility index (Phi) is 6.11. The van der Waals surface area contributed by atoms with Crippen LogP contribution in [0.4, 0.5) is 4.39 Å². The zero-order chi connectivity index (χ0) is 19.4. The normalized spacial score (nSPS) is 17.8. The highest BCUT2D eigenvalue weighted by Gasteiger charge is 2.26. The number of benzene rings is 1. The van der Waals surface area contributed by atoms with Crippen LogP contribution in [0.5, 0.6) is 0 Å². The monoisotopic (exact) mass is 372 g/mol. The van der Waals surface area contributed by atoms with Crippen molar-refractivity contribution in [2.75, 3.05) is 34.2 Å². The Morgan fingerprint density at radius 1 is 1.41 bits per heavy atom. The molecule has 1 atom stereocenters. The number of nitrogens with one attached hydrogen (secondary N) is 1. The third kappa shape index (κ3) is 4.86. The second-order valence-electron chi connectivity index (χ2n) is 7.44. The molecule has 0 aliphatic carbocycles. The van der Waals surface area contributed by atoms with E-state index in [4.69, 9.17) is 0 Å². The Balaban J connectivity index is 1.60. The number of aromatic nitrogens is 2. The molecule has 0 saturated carbocycles. The number of likely N-dealkylation sites (tertiary alicyclic amines) is 1. The van der Waals surface area contributed by atoms with Gasteiger partial charge in [0.05, 0.1) is 6.20 Å². The molecule has 7 heteroatoms. The van der Waals surface area contributed by atoms with Gasteiger partial charge in [0.1, 0.15) is 5.82 Å². The standard InChI is InChI=1S/C20H29FN6/c1-22-20(27-8-7-16(14-27)18-11-24-26(4)13-18)23-10-15-5-6-19(21)17(9-15)12-25(2)3/h5-6,9,11,13,16H,7-8,10,12,14H2,1-4H3,(H,22,23). The summed E-state index contributed by atoms with van der Waals surface area (Å²) in [6.45, 7) is 3.12. The first-order valence-corrected chi connectivity index (χ1v) is 9.32. The van der Waals surface area contributed by atoms with Crippen molar-refractivity contribution in [3.8, 4) is 0 Å². The van der Waals surface area contributed by atoms with Crippen LogP contribution < -0.4 is 5.32 Å². The van der Waals surface area contributed by atoms with E-state index in [2.05, 4.69) is 26.5 Å². The van der Waals surface area contributed by atoms with E-state index in [0.717, 1.165) is 31.0 Å². The minimum absolute atomic E-state index is 0.157. The molecule has 1 saturated heterocycles. The van der Waals surface area contributed by atoms with Gasteiger partial charge in [0.15, 0.2) is 5.96 Å². The fourth-order valence-electron chi connectivity index (χ4n) is 3.59. The average Bonchev–Trinajstić information content (AvgIpc) is 3.27. The Hall–Kier alpha value is -2.41. The lowest BCUT2D eigenvalue weighted by Gasteiger charge is -2.22. The molecule has 6 nitrogen and oxygen atoms in total. The van der Waals surface area contributed by atoms with Crippen LogP contribution >= 0.6 is 0 Å². The summed E-state index contributed by atoms with van der Waals surface area (Å²) in [4.78, 5) is 8.68. The van der Waals surface area contributed by atoms with Gasteiger partial charge in [-0.3, -0.25) is 9.67 Å². The van der Waals surface area contributed by atoms with E-state index in [1.165, 1.54) is 5.56 Å². The van der Waals surface area contributed by atoms with Crippen molar-refractivity contribution in [3.63, 3.8) is 0 Å². The number of guanidine groups is 1. The fraction of sp³-hybridized carbons (Fsp3) is 0.500. The molecule has 1 fully saturated rings. The average molecular weight is 372 g/mol. The Labute approximate surface area is 160 Å². The lowest BCUT2D eigenvalue weighted by molar-refractivity contribution is 0.392. The van der Waals surface area contributed by atoms with E-state index in [9.17, 15) is 4.39 Å². The molecule has 3 rings (SSSR count). The number of hydrogen-bond donors (Lipinski definition) is 1. The summed E-state index contributed by atoms with van der Waals surface area (Å²) in [5, 5.41) is 7.71. The van der Waals surface area contributed by atoms with Crippen molar-refractivity contribution in [2.45, 2.75) is 25.4 Å². The van der Waals surface area contributed by atoms with Gasteiger partial charge in [0, 0.05) is 58.0 Å². The third-order valence-corrected chi connectivity index (χ3v) is 4.94. The largest absolute Gasteiger partial charge is 0.352 e. The van der Waals surface area contributed by atoms with Gasteiger partial charge in [-0.1, -0.05) is 6.07 Å². The van der Waals surface area contributed by atoms with Crippen molar-refractivity contribution >= 4 is 5.96 Å². The molecule has 0 radical (unpaired) electrons. The second-order valence-corrected chi connectivity index (χ2v) is 7.44. The van der Waals surface area contributed by atoms with Crippen LogP contribution in [0.25, 0.3) is 0 Å². The minimum Gasteiger partial charge on any atom is -0.352 e. The van der Waals surface area contributed by atoms with E-state index in [-0.39, 0.29) is 5.82 Å². The van der Waals surface area contributed by atoms with Crippen LogP contribution in [-0.4, -0.2) is 59.8 Å². The maximum Gasteiger partial charge on any atom is 0.193 e. The van der Waals surface area contributed by atoms with Gasteiger partial charge in [-0.2, -0.15) is 5.10 Å². The molecule has 1 N–H and O–H groups in total. The quantitative estimate of drug-likeness (QED) is 0.646. The zero-order valence-electron chi connectivity index (χ0n) is 16.6. The smallest absolute Gasteiger partial charge is 0.193 e. The van der Waals surface area contributed by atoms with Crippen LogP contribution in [-0.2, 0) is 20.1 Å². The lowest BCUT2D eigenvalue weighted by Crippen LogP contribution is -2.39. The predicted molar refractivity (Wildman–Crippen MR) is 106 cm³/mol. The lowest BCUT2D eigenvalue weighted by atomic mass is 10.0. The molecule has 1 aromatic carbocycles. The molecule has 1 aromatic heterocycles. The molecule has 2 heterocycles. The van der Waals surface area contributed by atoms with Gasteiger partial charge in [-0.05, 0) is 43.8 Å². The highest BCUT2D eigenvalue weighted by atomic mass is 19.1. The first kappa shape index (κ1) is 19.4. The molecule has 1 unspecified atom stereocenters. The molecule has 2 aromatic rings. The van der Waals surface area contributed by atoms with E-state index < -0.39 is 0 Å². The van der Waals surface area contributed by atoms with Crippen LogP contribution in [0.1, 0.15) is 29.0 Å². The molecular weight excluding hydrogens is 343 g/mol. The van der Waals surface area contributed by atoms with Gasteiger partial charge < -0.3 is 15.1 Å². The molecule has 0 bridgehead atoms. The van der Waals surface area contributed by atoms with E-state index >= 15 is 0 Å². The first-order chi connectivity index (χ1) is 13.0. The molecule has 0 spiro atoms. The number of nitrogens with zero attached hydrogens (tertiary/aromatic N) is 5. The van der Waals surface area contributed by atoms with Crippen LogP contribution in [0, 0.1) is 5.82 Å². The Morgan fingerprint density at radius 3 is 2.89 bits per heavy atom. The molecule has 1 aliphatic rings. The maximum absolute atomic E-state index is 14.0. The topological polar surface area (TPSA) is 48.7 Å². The van der Waals surface area contributed by atoms with Crippen LogP contribution in [0.15, 0.2) is 35.6 Å². The molecular formula is C20H29FN6. The van der Waals surface area contributed by atoms with E-state index in [0.29, 0.717) is 24.6 Å². The van der Waals surface area contributed by atoms with Crippen molar-refractivity contribution < 1.29 is 4.39 Å². The molecule has 146 valence electrons. The number of aryl methyl sites for hydroxylation is 1. The summed E-state index contributed by atoms with van der Waals surface area (Å²) in [6, 6.07) is 5.31. The van der Waals surface area contributed by atoms with Gasteiger partial charge in [-0.15, -0.1) is 0 Å². The highest BCUT2D eigenvalue weighted by Crippen LogP contribution is 2.26. The highest BCUT2D eigenvalue weighted by molar-refractivity contribution is 5.80. The molecule has 0 amide bonds. The van der Waals surface area contributed by atoms with Gasteiger partial charge in [0.2, 0.25) is 0 Å². The summed E-state index contributed by atoms with van der Waals surface area (Å²) in [5.74, 6) is 1.21. The number of aliphatic imine (C=N–C) groups is 1. The first-order valence-electron chi connectivity index (χ1n) is 9.32.